The first-order chi connectivity index (χ1) is 9.60. The van der Waals surface area contributed by atoms with Gasteiger partial charge in [0.15, 0.2) is 0 Å². The van der Waals surface area contributed by atoms with Crippen LogP contribution in [0, 0.1) is 11.7 Å². The summed E-state index contributed by atoms with van der Waals surface area (Å²) in [5.41, 5.74) is 6.17. The van der Waals surface area contributed by atoms with Crippen molar-refractivity contribution in [1.82, 2.24) is 0 Å². The second-order valence-electron chi connectivity index (χ2n) is 5.31. The van der Waals surface area contributed by atoms with Gasteiger partial charge in [0.1, 0.15) is 11.6 Å². The highest BCUT2D eigenvalue weighted by atomic mass is 19.1. The number of hydrogen-bond donors (Lipinski definition) is 2. The molecule has 20 heavy (non-hydrogen) atoms. The van der Waals surface area contributed by atoms with Gasteiger partial charge in [0, 0.05) is 18.5 Å². The third-order valence-electron chi connectivity index (χ3n) is 3.86. The average molecular weight is 280 g/mol. The monoisotopic (exact) mass is 280 g/mol. The van der Waals surface area contributed by atoms with E-state index in [9.17, 15) is 9.18 Å². The fourth-order valence-electron chi connectivity index (χ4n) is 2.66. The van der Waals surface area contributed by atoms with E-state index in [1.165, 1.54) is 25.3 Å². The molecule has 0 radical (unpaired) electrons. The number of carbonyl (C=O) groups is 1. The van der Waals surface area contributed by atoms with E-state index in [1.807, 2.05) is 0 Å². The lowest BCUT2D eigenvalue weighted by molar-refractivity contribution is -0.117. The highest BCUT2D eigenvalue weighted by Gasteiger charge is 2.24. The Hall–Kier alpha value is -1.62. The van der Waals surface area contributed by atoms with E-state index in [2.05, 4.69) is 5.32 Å². The minimum atomic E-state index is -0.466. The van der Waals surface area contributed by atoms with Crippen LogP contribution in [0.1, 0.15) is 32.1 Å². The smallest absolute Gasteiger partial charge is 0.224 e. The van der Waals surface area contributed by atoms with E-state index in [1.54, 1.807) is 0 Å². The van der Waals surface area contributed by atoms with Crippen LogP contribution in [0.4, 0.5) is 10.1 Å². The largest absolute Gasteiger partial charge is 0.497 e. The summed E-state index contributed by atoms with van der Waals surface area (Å²) in [6, 6.07) is 4.35. The Morgan fingerprint density at radius 1 is 1.45 bits per heavy atom. The van der Waals surface area contributed by atoms with Crippen LogP contribution in [0.25, 0.3) is 0 Å². The summed E-state index contributed by atoms with van der Waals surface area (Å²) in [5.74, 6) is 0.0417. The molecule has 0 saturated heterocycles. The molecule has 2 unspecified atom stereocenters. The first-order valence-corrected chi connectivity index (χ1v) is 6.99. The molecule has 1 fully saturated rings. The molecule has 0 spiro atoms. The standard InChI is InChI=1S/C15H21FN2O2/c1-20-11-6-7-12(16)14(9-11)18-15(19)8-10-4-2-3-5-13(10)17/h6-7,9-10,13H,2-5,8,17H2,1H3,(H,18,19). The Bertz CT molecular complexity index is 479. The van der Waals surface area contributed by atoms with Gasteiger partial charge in [0.05, 0.1) is 12.8 Å². The number of rotatable bonds is 4. The van der Waals surface area contributed by atoms with Gasteiger partial charge in [-0.3, -0.25) is 4.79 Å². The Morgan fingerprint density at radius 2 is 2.20 bits per heavy atom. The maximum absolute atomic E-state index is 13.6. The van der Waals surface area contributed by atoms with Crippen LogP contribution in [0.15, 0.2) is 18.2 Å². The van der Waals surface area contributed by atoms with Crippen molar-refractivity contribution in [2.24, 2.45) is 11.7 Å². The fraction of sp³-hybridized carbons (Fsp3) is 0.533. The molecule has 3 N–H and O–H groups in total. The van der Waals surface area contributed by atoms with Gasteiger partial charge >= 0.3 is 0 Å². The Labute approximate surface area is 118 Å². The van der Waals surface area contributed by atoms with Crippen molar-refractivity contribution >= 4 is 11.6 Å². The van der Waals surface area contributed by atoms with Crippen LogP contribution in [-0.2, 0) is 4.79 Å². The van der Waals surface area contributed by atoms with Crippen LogP contribution in [0.5, 0.6) is 5.75 Å². The molecule has 0 bridgehead atoms. The van der Waals surface area contributed by atoms with Crippen molar-refractivity contribution in [2.45, 2.75) is 38.1 Å². The normalized spacial score (nSPS) is 22.4. The molecule has 0 aliphatic heterocycles. The third kappa shape index (κ3) is 3.70. The molecule has 1 aliphatic rings. The quantitative estimate of drug-likeness (QED) is 0.891. The summed E-state index contributed by atoms with van der Waals surface area (Å²) in [5, 5.41) is 2.60. The summed E-state index contributed by atoms with van der Waals surface area (Å²) >= 11 is 0. The SMILES string of the molecule is COc1ccc(F)c(NC(=O)CC2CCCCC2N)c1. The number of benzene rings is 1. The number of nitrogens with two attached hydrogens (primary N) is 1. The van der Waals surface area contributed by atoms with Crippen molar-refractivity contribution in [3.8, 4) is 5.75 Å². The van der Waals surface area contributed by atoms with Gasteiger partial charge in [0.25, 0.3) is 0 Å². The molecule has 1 saturated carbocycles. The summed E-state index contributed by atoms with van der Waals surface area (Å²) in [4.78, 5) is 12.0. The topological polar surface area (TPSA) is 64.3 Å². The first-order valence-electron chi connectivity index (χ1n) is 6.99. The van der Waals surface area contributed by atoms with Crippen molar-refractivity contribution < 1.29 is 13.9 Å². The van der Waals surface area contributed by atoms with E-state index in [-0.39, 0.29) is 23.6 Å². The zero-order chi connectivity index (χ0) is 14.5. The minimum absolute atomic E-state index is 0.0738. The van der Waals surface area contributed by atoms with E-state index in [0.717, 1.165) is 25.7 Å². The van der Waals surface area contributed by atoms with Crippen molar-refractivity contribution in [3.63, 3.8) is 0 Å². The number of ether oxygens (including phenoxy) is 1. The van der Waals surface area contributed by atoms with E-state index < -0.39 is 5.82 Å². The molecule has 2 rings (SSSR count). The molecule has 1 aromatic carbocycles. The van der Waals surface area contributed by atoms with Crippen LogP contribution in [-0.4, -0.2) is 19.1 Å². The molecule has 1 aromatic rings. The molecule has 1 aliphatic carbocycles. The average Bonchev–Trinajstić information content (AvgIpc) is 2.44. The second-order valence-corrected chi connectivity index (χ2v) is 5.31. The zero-order valence-corrected chi connectivity index (χ0v) is 11.7. The maximum atomic E-state index is 13.6. The highest BCUT2D eigenvalue weighted by molar-refractivity contribution is 5.91. The molecule has 4 nitrogen and oxygen atoms in total. The lowest BCUT2D eigenvalue weighted by atomic mass is 9.83. The lowest BCUT2D eigenvalue weighted by Gasteiger charge is -2.27. The Balaban J connectivity index is 1.97. The van der Waals surface area contributed by atoms with Gasteiger partial charge in [-0.1, -0.05) is 12.8 Å². The molecular formula is C15H21FN2O2. The highest BCUT2D eigenvalue weighted by Crippen LogP contribution is 2.27. The van der Waals surface area contributed by atoms with Crippen LogP contribution in [0.2, 0.25) is 0 Å². The Kier molecular flexibility index (Phi) is 4.95. The van der Waals surface area contributed by atoms with Crippen molar-refractivity contribution in [3.05, 3.63) is 24.0 Å². The molecule has 0 aromatic heterocycles. The molecule has 5 heteroatoms. The van der Waals surface area contributed by atoms with Crippen LogP contribution >= 0.6 is 0 Å². The number of hydrogen-bond acceptors (Lipinski definition) is 3. The van der Waals surface area contributed by atoms with Gasteiger partial charge in [-0.2, -0.15) is 0 Å². The van der Waals surface area contributed by atoms with E-state index in [4.69, 9.17) is 10.5 Å². The lowest BCUT2D eigenvalue weighted by Crippen LogP contribution is -2.35. The van der Waals surface area contributed by atoms with E-state index >= 15 is 0 Å². The summed E-state index contributed by atoms with van der Waals surface area (Å²) < 4.78 is 18.6. The van der Waals surface area contributed by atoms with Gasteiger partial charge in [-0.15, -0.1) is 0 Å². The zero-order valence-electron chi connectivity index (χ0n) is 11.7. The predicted molar refractivity (Wildman–Crippen MR) is 76.1 cm³/mol. The van der Waals surface area contributed by atoms with Gasteiger partial charge in [-0.05, 0) is 30.9 Å². The first kappa shape index (κ1) is 14.8. The number of nitrogens with one attached hydrogen (secondary N) is 1. The number of halogens is 1. The van der Waals surface area contributed by atoms with Gasteiger partial charge in [-0.25, -0.2) is 4.39 Å². The summed E-state index contributed by atoms with van der Waals surface area (Å²) in [6.45, 7) is 0. The molecular weight excluding hydrogens is 259 g/mol. The number of anilines is 1. The number of amides is 1. The van der Waals surface area contributed by atoms with E-state index in [0.29, 0.717) is 12.2 Å². The molecule has 110 valence electrons. The van der Waals surface area contributed by atoms with Crippen LogP contribution < -0.4 is 15.8 Å². The van der Waals surface area contributed by atoms with Crippen LogP contribution in [0.3, 0.4) is 0 Å². The second kappa shape index (κ2) is 6.70. The van der Waals surface area contributed by atoms with Crippen molar-refractivity contribution in [2.75, 3.05) is 12.4 Å². The fourth-order valence-corrected chi connectivity index (χ4v) is 2.66. The molecule has 1 amide bonds. The predicted octanol–water partition coefficient (Wildman–Crippen LogP) is 2.68. The van der Waals surface area contributed by atoms with Gasteiger partial charge < -0.3 is 15.8 Å². The minimum Gasteiger partial charge on any atom is -0.497 e. The molecule has 2 atom stereocenters. The summed E-state index contributed by atoms with van der Waals surface area (Å²) in [7, 11) is 1.50. The Morgan fingerprint density at radius 3 is 2.90 bits per heavy atom. The van der Waals surface area contributed by atoms with Gasteiger partial charge in [0.2, 0.25) is 5.91 Å². The number of methoxy groups -OCH3 is 1. The van der Waals surface area contributed by atoms with Crippen molar-refractivity contribution in [1.29, 1.82) is 0 Å². The maximum Gasteiger partial charge on any atom is 0.224 e. The molecule has 0 heterocycles. The number of carbonyl (C=O) groups excluding carboxylic acids is 1. The third-order valence-corrected chi connectivity index (χ3v) is 3.86. The summed E-state index contributed by atoms with van der Waals surface area (Å²) in [6.07, 6.45) is 4.52.